The molecule has 0 aliphatic carbocycles. The van der Waals surface area contributed by atoms with Crippen molar-refractivity contribution in [2.75, 3.05) is 0 Å². The van der Waals surface area contributed by atoms with Gasteiger partial charge in [0, 0.05) is 12.0 Å². The minimum atomic E-state index is -0.804. The first-order valence-corrected chi connectivity index (χ1v) is 4.97. The molecule has 0 amide bonds. The number of carboxylic acid groups (broad SMARTS) is 1. The van der Waals surface area contributed by atoms with Gasteiger partial charge in [-0.2, -0.15) is 0 Å². The highest BCUT2D eigenvalue weighted by atomic mass is 16.4. The van der Waals surface area contributed by atoms with Crippen LogP contribution in [0.4, 0.5) is 0 Å². The van der Waals surface area contributed by atoms with E-state index >= 15 is 0 Å². The van der Waals surface area contributed by atoms with Crippen molar-refractivity contribution in [2.24, 2.45) is 0 Å². The number of nitrogens with zero attached hydrogens (tertiary/aromatic N) is 1. The zero-order valence-electron chi connectivity index (χ0n) is 8.59. The lowest BCUT2D eigenvalue weighted by atomic mass is 10.0. The van der Waals surface area contributed by atoms with E-state index in [-0.39, 0.29) is 6.42 Å². The summed E-state index contributed by atoms with van der Waals surface area (Å²) >= 11 is 0. The van der Waals surface area contributed by atoms with Crippen LogP contribution in [0.3, 0.4) is 0 Å². The van der Waals surface area contributed by atoms with E-state index in [1.807, 2.05) is 24.3 Å². The fourth-order valence-electron chi connectivity index (χ4n) is 1.55. The fraction of sp³-hybridized carbons (Fsp3) is 0.167. The summed E-state index contributed by atoms with van der Waals surface area (Å²) in [4.78, 5) is 14.6. The van der Waals surface area contributed by atoms with Crippen molar-refractivity contribution >= 4 is 5.97 Å². The van der Waals surface area contributed by atoms with E-state index < -0.39 is 5.97 Å². The van der Waals surface area contributed by atoms with Gasteiger partial charge < -0.3 is 9.52 Å². The second-order valence-electron chi connectivity index (χ2n) is 3.39. The zero-order chi connectivity index (χ0) is 11.4. The number of aliphatic carboxylic acids is 1. The van der Waals surface area contributed by atoms with Crippen LogP contribution in [0.2, 0.25) is 0 Å². The molecule has 4 nitrogen and oxygen atoms in total. The lowest BCUT2D eigenvalue weighted by molar-refractivity contribution is -0.136. The Labute approximate surface area is 92.6 Å². The Hall–Kier alpha value is -2.10. The van der Waals surface area contributed by atoms with Gasteiger partial charge in [0.1, 0.15) is 6.26 Å². The van der Waals surface area contributed by atoms with Crippen molar-refractivity contribution in [1.29, 1.82) is 0 Å². The maximum atomic E-state index is 10.5. The third kappa shape index (κ3) is 2.28. The van der Waals surface area contributed by atoms with Gasteiger partial charge in [-0.25, -0.2) is 4.98 Å². The second-order valence-corrected chi connectivity index (χ2v) is 3.39. The van der Waals surface area contributed by atoms with Crippen molar-refractivity contribution in [2.45, 2.75) is 12.8 Å². The van der Waals surface area contributed by atoms with Crippen LogP contribution >= 0.6 is 0 Å². The van der Waals surface area contributed by atoms with Gasteiger partial charge in [-0.05, 0) is 18.1 Å². The normalized spacial score (nSPS) is 10.2. The summed E-state index contributed by atoms with van der Waals surface area (Å²) in [6, 6.07) is 7.53. The van der Waals surface area contributed by atoms with Crippen molar-refractivity contribution < 1.29 is 14.3 Å². The summed E-state index contributed by atoms with van der Waals surface area (Å²) in [5.74, 6) is -0.275. The molecule has 1 N–H and O–H groups in total. The zero-order valence-corrected chi connectivity index (χ0v) is 8.59. The molecular formula is C12H11NO3. The smallest absolute Gasteiger partial charge is 0.303 e. The number of carbonyl (C=O) groups is 1. The molecule has 2 rings (SSSR count). The third-order valence-electron chi connectivity index (χ3n) is 2.29. The van der Waals surface area contributed by atoms with E-state index in [0.29, 0.717) is 12.3 Å². The van der Waals surface area contributed by atoms with Crippen LogP contribution in [-0.4, -0.2) is 16.1 Å². The van der Waals surface area contributed by atoms with Gasteiger partial charge in [0.25, 0.3) is 0 Å². The van der Waals surface area contributed by atoms with Crippen LogP contribution in [-0.2, 0) is 11.2 Å². The maximum absolute atomic E-state index is 10.5. The van der Waals surface area contributed by atoms with Crippen LogP contribution in [0.15, 0.2) is 41.1 Å². The summed E-state index contributed by atoms with van der Waals surface area (Å²) in [5, 5.41) is 8.66. The lowest BCUT2D eigenvalue weighted by Gasteiger charge is -2.04. The van der Waals surface area contributed by atoms with E-state index in [4.69, 9.17) is 9.52 Å². The van der Waals surface area contributed by atoms with E-state index in [0.717, 1.165) is 11.1 Å². The predicted molar refractivity (Wildman–Crippen MR) is 57.9 cm³/mol. The molecule has 1 aromatic heterocycles. The molecule has 0 fully saturated rings. The molecule has 82 valence electrons. The molecule has 0 saturated carbocycles. The van der Waals surface area contributed by atoms with Crippen LogP contribution in [0.25, 0.3) is 11.5 Å². The average molecular weight is 217 g/mol. The first-order valence-electron chi connectivity index (χ1n) is 4.97. The third-order valence-corrected chi connectivity index (χ3v) is 2.29. The predicted octanol–water partition coefficient (Wildman–Crippen LogP) is 2.36. The molecule has 0 aliphatic rings. The summed E-state index contributed by atoms with van der Waals surface area (Å²) in [7, 11) is 0. The van der Waals surface area contributed by atoms with Crippen molar-refractivity contribution in [3.63, 3.8) is 0 Å². The summed E-state index contributed by atoms with van der Waals surface area (Å²) in [5.41, 5.74) is 1.79. The van der Waals surface area contributed by atoms with Crippen LogP contribution in [0.1, 0.15) is 12.0 Å². The molecule has 0 bridgehead atoms. The van der Waals surface area contributed by atoms with Crippen molar-refractivity contribution in [3.05, 3.63) is 42.3 Å². The van der Waals surface area contributed by atoms with Gasteiger partial charge in [0.15, 0.2) is 0 Å². The number of oxazole rings is 1. The van der Waals surface area contributed by atoms with E-state index in [2.05, 4.69) is 4.98 Å². The fourth-order valence-corrected chi connectivity index (χ4v) is 1.55. The number of hydrogen-bond donors (Lipinski definition) is 1. The molecular weight excluding hydrogens is 206 g/mol. The highest BCUT2D eigenvalue weighted by Crippen LogP contribution is 2.22. The van der Waals surface area contributed by atoms with E-state index in [9.17, 15) is 4.79 Å². The Kier molecular flexibility index (Phi) is 3.00. The summed E-state index contributed by atoms with van der Waals surface area (Å²) in [6.07, 6.45) is 3.66. The van der Waals surface area contributed by atoms with Gasteiger partial charge in [-0.15, -0.1) is 0 Å². The Morgan fingerprint density at radius 3 is 2.88 bits per heavy atom. The number of aromatic nitrogens is 1. The average Bonchev–Trinajstić information content (AvgIpc) is 2.80. The van der Waals surface area contributed by atoms with E-state index in [1.54, 1.807) is 6.20 Å². The van der Waals surface area contributed by atoms with Crippen LogP contribution in [0, 0.1) is 0 Å². The van der Waals surface area contributed by atoms with Gasteiger partial charge >= 0.3 is 5.97 Å². The molecule has 1 heterocycles. The van der Waals surface area contributed by atoms with Gasteiger partial charge in [0.05, 0.1) is 6.20 Å². The molecule has 0 atom stereocenters. The molecule has 0 radical (unpaired) electrons. The Morgan fingerprint density at radius 2 is 2.19 bits per heavy atom. The number of carboxylic acids is 1. The quantitative estimate of drug-likeness (QED) is 0.853. The molecule has 1 aromatic carbocycles. The Morgan fingerprint density at radius 1 is 1.38 bits per heavy atom. The number of benzene rings is 1. The van der Waals surface area contributed by atoms with Crippen molar-refractivity contribution in [1.82, 2.24) is 4.98 Å². The first kappa shape index (κ1) is 10.4. The van der Waals surface area contributed by atoms with Crippen LogP contribution < -0.4 is 0 Å². The highest BCUT2D eigenvalue weighted by molar-refractivity contribution is 5.68. The van der Waals surface area contributed by atoms with Crippen LogP contribution in [0.5, 0.6) is 0 Å². The first-order chi connectivity index (χ1) is 7.77. The number of aryl methyl sites for hydroxylation is 1. The maximum Gasteiger partial charge on any atom is 0.303 e. The molecule has 0 saturated heterocycles. The largest absolute Gasteiger partial charge is 0.481 e. The Balaban J connectivity index is 2.27. The molecule has 0 spiro atoms. The number of hydrogen-bond acceptors (Lipinski definition) is 3. The topological polar surface area (TPSA) is 63.3 Å². The summed E-state index contributed by atoms with van der Waals surface area (Å²) < 4.78 is 5.21. The Bertz CT molecular complexity index is 477. The highest BCUT2D eigenvalue weighted by Gasteiger charge is 2.09. The molecule has 0 aliphatic heterocycles. The molecule has 4 heteroatoms. The minimum Gasteiger partial charge on any atom is -0.481 e. The SMILES string of the molecule is O=C(O)CCc1ccccc1-c1ncco1. The minimum absolute atomic E-state index is 0.109. The van der Waals surface area contributed by atoms with Gasteiger partial charge in [0.2, 0.25) is 5.89 Å². The number of rotatable bonds is 4. The van der Waals surface area contributed by atoms with Gasteiger partial charge in [-0.3, -0.25) is 4.79 Å². The monoisotopic (exact) mass is 217 g/mol. The lowest BCUT2D eigenvalue weighted by Crippen LogP contribution is -1.98. The van der Waals surface area contributed by atoms with Crippen molar-refractivity contribution in [3.8, 4) is 11.5 Å². The van der Waals surface area contributed by atoms with Gasteiger partial charge in [-0.1, -0.05) is 18.2 Å². The second kappa shape index (κ2) is 4.61. The molecule has 16 heavy (non-hydrogen) atoms. The summed E-state index contributed by atoms with van der Waals surface area (Å²) in [6.45, 7) is 0. The standard InChI is InChI=1S/C12H11NO3/c14-11(15)6-5-9-3-1-2-4-10(9)12-13-7-8-16-12/h1-4,7-8H,5-6H2,(H,14,15). The molecule has 2 aromatic rings. The molecule has 0 unspecified atom stereocenters. The van der Waals surface area contributed by atoms with E-state index in [1.165, 1.54) is 6.26 Å².